The zero-order chi connectivity index (χ0) is 12.2. The smallest absolute Gasteiger partial charge is 0.0800 e. The fourth-order valence-electron chi connectivity index (χ4n) is 2.11. The summed E-state index contributed by atoms with van der Waals surface area (Å²) >= 11 is 0. The third-order valence-corrected chi connectivity index (χ3v) is 3.34. The lowest BCUT2D eigenvalue weighted by molar-refractivity contribution is 0.0838. The Balaban J connectivity index is 2.41. The second-order valence-corrected chi connectivity index (χ2v) is 5.30. The Morgan fingerprint density at radius 3 is 2.69 bits per heavy atom. The molecule has 0 radical (unpaired) electrons. The Bertz CT molecular complexity index is 264. The fourth-order valence-corrected chi connectivity index (χ4v) is 2.11. The molecule has 0 saturated carbocycles. The topological polar surface area (TPSA) is 40.5 Å². The van der Waals surface area contributed by atoms with Crippen molar-refractivity contribution in [1.82, 2.24) is 0 Å². The highest BCUT2D eigenvalue weighted by atomic mass is 16.3. The standard InChI is InChI=1S/C14H24O2/c1-11(5-4-6-12(2)15)13-7-9-14(3,16)10-8-13/h4,6-7,9,11-13,15-16H,5,8,10H2,1-3H3/b6-4+/t11-,12?,13+,14+/m1/s1. The Morgan fingerprint density at radius 1 is 1.50 bits per heavy atom. The second-order valence-electron chi connectivity index (χ2n) is 5.30. The quantitative estimate of drug-likeness (QED) is 0.721. The molecule has 16 heavy (non-hydrogen) atoms. The van der Waals surface area contributed by atoms with Crippen molar-refractivity contribution < 1.29 is 10.2 Å². The molecule has 2 N–H and O–H groups in total. The van der Waals surface area contributed by atoms with Crippen molar-refractivity contribution in [3.05, 3.63) is 24.3 Å². The lowest BCUT2D eigenvalue weighted by Crippen LogP contribution is -2.27. The van der Waals surface area contributed by atoms with Crippen LogP contribution in [0.2, 0.25) is 0 Å². The average Bonchev–Trinajstić information content (AvgIpc) is 2.16. The predicted octanol–water partition coefficient (Wildman–Crippen LogP) is 2.67. The molecule has 2 heteroatoms. The first-order chi connectivity index (χ1) is 7.41. The molecule has 0 amide bonds. The van der Waals surface area contributed by atoms with Crippen LogP contribution in [0.15, 0.2) is 24.3 Å². The zero-order valence-corrected chi connectivity index (χ0v) is 10.6. The molecule has 0 aromatic heterocycles. The monoisotopic (exact) mass is 224 g/mol. The Morgan fingerprint density at radius 2 is 2.19 bits per heavy atom. The number of hydrogen-bond donors (Lipinski definition) is 2. The van der Waals surface area contributed by atoms with E-state index in [1.54, 1.807) is 6.92 Å². The first-order valence-electron chi connectivity index (χ1n) is 6.17. The van der Waals surface area contributed by atoms with Gasteiger partial charge in [-0.1, -0.05) is 31.2 Å². The van der Waals surface area contributed by atoms with Gasteiger partial charge in [0, 0.05) is 0 Å². The van der Waals surface area contributed by atoms with Crippen LogP contribution in [0.1, 0.15) is 40.0 Å². The maximum absolute atomic E-state index is 9.79. The summed E-state index contributed by atoms with van der Waals surface area (Å²) in [4.78, 5) is 0. The number of aliphatic hydroxyl groups excluding tert-OH is 1. The van der Waals surface area contributed by atoms with Gasteiger partial charge < -0.3 is 10.2 Å². The summed E-state index contributed by atoms with van der Waals surface area (Å²) in [5, 5.41) is 18.9. The van der Waals surface area contributed by atoms with Crippen molar-refractivity contribution in [3.63, 3.8) is 0 Å². The molecule has 2 nitrogen and oxygen atoms in total. The molecule has 0 spiro atoms. The number of allylic oxidation sites excluding steroid dienone is 2. The summed E-state index contributed by atoms with van der Waals surface area (Å²) in [6.45, 7) is 5.85. The van der Waals surface area contributed by atoms with Crippen molar-refractivity contribution in [2.75, 3.05) is 0 Å². The van der Waals surface area contributed by atoms with Crippen molar-refractivity contribution in [1.29, 1.82) is 0 Å². The van der Waals surface area contributed by atoms with E-state index in [1.807, 2.05) is 19.1 Å². The van der Waals surface area contributed by atoms with E-state index in [4.69, 9.17) is 5.11 Å². The van der Waals surface area contributed by atoms with Crippen LogP contribution in [0.4, 0.5) is 0 Å². The lowest BCUT2D eigenvalue weighted by Gasteiger charge is -2.30. The molecule has 0 fully saturated rings. The molecular weight excluding hydrogens is 200 g/mol. The van der Waals surface area contributed by atoms with E-state index in [1.165, 1.54) is 0 Å². The predicted molar refractivity (Wildman–Crippen MR) is 67.1 cm³/mol. The van der Waals surface area contributed by atoms with Gasteiger partial charge in [0.1, 0.15) is 0 Å². The molecule has 0 heterocycles. The minimum Gasteiger partial charge on any atom is -0.389 e. The van der Waals surface area contributed by atoms with Gasteiger partial charge in [0.2, 0.25) is 0 Å². The van der Waals surface area contributed by atoms with E-state index in [-0.39, 0.29) is 6.10 Å². The fraction of sp³-hybridized carbons (Fsp3) is 0.714. The van der Waals surface area contributed by atoms with E-state index in [9.17, 15) is 5.11 Å². The highest BCUT2D eigenvalue weighted by molar-refractivity contribution is 5.07. The van der Waals surface area contributed by atoms with Crippen molar-refractivity contribution in [3.8, 4) is 0 Å². The highest BCUT2D eigenvalue weighted by Gasteiger charge is 2.25. The van der Waals surface area contributed by atoms with Crippen LogP contribution in [0.25, 0.3) is 0 Å². The molecule has 0 bridgehead atoms. The molecule has 1 aliphatic rings. The van der Waals surface area contributed by atoms with E-state index in [0.717, 1.165) is 19.3 Å². The number of aliphatic hydroxyl groups is 2. The van der Waals surface area contributed by atoms with Gasteiger partial charge in [0.15, 0.2) is 0 Å². The maximum Gasteiger partial charge on any atom is 0.0800 e. The molecule has 0 saturated heterocycles. The van der Waals surface area contributed by atoms with Gasteiger partial charge in [-0.15, -0.1) is 0 Å². The molecule has 0 aromatic carbocycles. The SMILES string of the molecule is CC(O)/C=C/C[C@@H](C)[C@H]1C=C[C@](C)(O)CC1. The van der Waals surface area contributed by atoms with Crippen molar-refractivity contribution in [2.24, 2.45) is 11.8 Å². The number of hydrogen-bond acceptors (Lipinski definition) is 2. The average molecular weight is 224 g/mol. The maximum atomic E-state index is 9.79. The van der Waals surface area contributed by atoms with Crippen LogP contribution < -0.4 is 0 Å². The minimum absolute atomic E-state index is 0.352. The summed E-state index contributed by atoms with van der Waals surface area (Å²) in [5.74, 6) is 1.13. The molecule has 92 valence electrons. The van der Waals surface area contributed by atoms with Gasteiger partial charge in [-0.3, -0.25) is 0 Å². The third kappa shape index (κ3) is 4.50. The van der Waals surface area contributed by atoms with Gasteiger partial charge in [-0.2, -0.15) is 0 Å². The third-order valence-electron chi connectivity index (χ3n) is 3.34. The minimum atomic E-state index is -0.605. The van der Waals surface area contributed by atoms with E-state index >= 15 is 0 Å². The summed E-state index contributed by atoms with van der Waals surface area (Å²) in [7, 11) is 0. The summed E-state index contributed by atoms with van der Waals surface area (Å²) in [6, 6.07) is 0. The van der Waals surface area contributed by atoms with Crippen LogP contribution in [0, 0.1) is 11.8 Å². The largest absolute Gasteiger partial charge is 0.389 e. The molecule has 1 rings (SSSR count). The van der Waals surface area contributed by atoms with E-state index in [0.29, 0.717) is 11.8 Å². The Kier molecular flexibility index (Phi) is 4.75. The first kappa shape index (κ1) is 13.5. The second kappa shape index (κ2) is 5.65. The van der Waals surface area contributed by atoms with E-state index < -0.39 is 5.60 Å². The van der Waals surface area contributed by atoms with Crippen LogP contribution in [0.3, 0.4) is 0 Å². The Labute approximate surface area is 98.7 Å². The van der Waals surface area contributed by atoms with Gasteiger partial charge in [-0.25, -0.2) is 0 Å². The van der Waals surface area contributed by atoms with Gasteiger partial charge in [0.25, 0.3) is 0 Å². The van der Waals surface area contributed by atoms with Crippen molar-refractivity contribution in [2.45, 2.75) is 51.7 Å². The normalized spacial score (nSPS) is 34.2. The van der Waals surface area contributed by atoms with Crippen LogP contribution in [-0.4, -0.2) is 21.9 Å². The summed E-state index contributed by atoms with van der Waals surface area (Å²) < 4.78 is 0. The molecule has 1 unspecified atom stereocenters. The zero-order valence-electron chi connectivity index (χ0n) is 10.6. The van der Waals surface area contributed by atoms with E-state index in [2.05, 4.69) is 19.1 Å². The highest BCUT2D eigenvalue weighted by Crippen LogP contribution is 2.31. The summed E-state index contributed by atoms with van der Waals surface area (Å²) in [6.07, 6.45) is 10.5. The molecule has 4 atom stereocenters. The lowest BCUT2D eigenvalue weighted by atomic mass is 9.79. The molecule has 0 aromatic rings. The van der Waals surface area contributed by atoms with Crippen LogP contribution in [-0.2, 0) is 0 Å². The van der Waals surface area contributed by atoms with Gasteiger partial charge in [0.05, 0.1) is 11.7 Å². The number of rotatable bonds is 4. The molecule has 1 aliphatic carbocycles. The van der Waals surface area contributed by atoms with Gasteiger partial charge >= 0.3 is 0 Å². The van der Waals surface area contributed by atoms with Crippen LogP contribution >= 0.6 is 0 Å². The first-order valence-corrected chi connectivity index (χ1v) is 6.17. The van der Waals surface area contributed by atoms with Crippen molar-refractivity contribution >= 4 is 0 Å². The van der Waals surface area contributed by atoms with Crippen LogP contribution in [0.5, 0.6) is 0 Å². The summed E-state index contributed by atoms with van der Waals surface area (Å²) in [5.41, 5.74) is -0.605. The molecule has 0 aliphatic heterocycles. The Hall–Kier alpha value is -0.600. The van der Waals surface area contributed by atoms with Gasteiger partial charge in [-0.05, 0) is 44.9 Å². The molecular formula is C14H24O2.